The van der Waals surface area contributed by atoms with Gasteiger partial charge in [-0.1, -0.05) is 12.2 Å². The van der Waals surface area contributed by atoms with E-state index in [1.54, 1.807) is 17.8 Å². The molecule has 0 aromatic carbocycles. The highest BCUT2D eigenvalue weighted by Crippen LogP contribution is 1.97. The quantitative estimate of drug-likeness (QED) is 0.460. The Balaban J connectivity index is 3.46. The predicted molar refractivity (Wildman–Crippen MR) is 68.2 cm³/mol. The molecule has 0 bridgehead atoms. The van der Waals surface area contributed by atoms with E-state index in [1.165, 1.54) is 0 Å². The molecule has 0 fully saturated rings. The molecule has 0 spiro atoms. The van der Waals surface area contributed by atoms with Crippen LogP contribution in [0.2, 0.25) is 0 Å². The average molecular weight is 228 g/mol. The second-order valence-corrected chi connectivity index (χ2v) is 4.22. The van der Waals surface area contributed by atoms with Crippen molar-refractivity contribution in [3.05, 3.63) is 25.3 Å². The van der Waals surface area contributed by atoms with Crippen molar-refractivity contribution in [1.29, 1.82) is 0 Å². The van der Waals surface area contributed by atoms with Crippen molar-refractivity contribution < 1.29 is 4.79 Å². The van der Waals surface area contributed by atoms with Gasteiger partial charge >= 0.3 is 0 Å². The summed E-state index contributed by atoms with van der Waals surface area (Å²) in [6, 6.07) is -0.144. The molecular formula is C11H20N2OS. The number of amides is 1. The lowest BCUT2D eigenvalue weighted by Gasteiger charge is -2.12. The van der Waals surface area contributed by atoms with E-state index in [0.29, 0.717) is 6.54 Å². The van der Waals surface area contributed by atoms with Gasteiger partial charge in [-0.25, -0.2) is 0 Å². The van der Waals surface area contributed by atoms with Gasteiger partial charge in [0.1, 0.15) is 0 Å². The monoisotopic (exact) mass is 228 g/mol. The summed E-state index contributed by atoms with van der Waals surface area (Å²) in [7, 11) is 0. The maximum absolute atomic E-state index is 11.4. The van der Waals surface area contributed by atoms with Crippen LogP contribution in [0.4, 0.5) is 0 Å². The van der Waals surface area contributed by atoms with Gasteiger partial charge in [0.05, 0.1) is 6.04 Å². The SMILES string of the molecule is C=CCNC(=O)C(C)NCCSCC=C. The van der Waals surface area contributed by atoms with Crippen molar-refractivity contribution in [2.45, 2.75) is 13.0 Å². The summed E-state index contributed by atoms with van der Waals surface area (Å²) in [5, 5.41) is 5.89. The van der Waals surface area contributed by atoms with Crippen LogP contribution in [0.25, 0.3) is 0 Å². The Morgan fingerprint density at radius 2 is 2.20 bits per heavy atom. The molecule has 0 radical (unpaired) electrons. The highest BCUT2D eigenvalue weighted by Gasteiger charge is 2.09. The van der Waals surface area contributed by atoms with E-state index in [2.05, 4.69) is 23.8 Å². The first kappa shape index (κ1) is 14.3. The van der Waals surface area contributed by atoms with E-state index in [1.807, 2.05) is 13.0 Å². The molecule has 1 atom stereocenters. The Kier molecular flexibility index (Phi) is 9.32. The lowest BCUT2D eigenvalue weighted by atomic mass is 10.3. The fraction of sp³-hybridized carbons (Fsp3) is 0.545. The van der Waals surface area contributed by atoms with Crippen molar-refractivity contribution in [3.8, 4) is 0 Å². The minimum atomic E-state index is -0.144. The molecule has 1 amide bonds. The summed E-state index contributed by atoms with van der Waals surface area (Å²) in [6.07, 6.45) is 3.55. The number of hydrogen-bond acceptors (Lipinski definition) is 3. The summed E-state index contributed by atoms with van der Waals surface area (Å²) in [6.45, 7) is 10.4. The normalized spacial score (nSPS) is 11.8. The molecule has 0 aromatic rings. The van der Waals surface area contributed by atoms with Gasteiger partial charge in [-0.3, -0.25) is 4.79 Å². The molecule has 0 saturated heterocycles. The predicted octanol–water partition coefficient (Wildman–Crippen LogP) is 1.19. The van der Waals surface area contributed by atoms with Gasteiger partial charge in [-0.15, -0.1) is 13.2 Å². The smallest absolute Gasteiger partial charge is 0.237 e. The van der Waals surface area contributed by atoms with Crippen molar-refractivity contribution in [1.82, 2.24) is 10.6 Å². The minimum Gasteiger partial charge on any atom is -0.351 e. The number of hydrogen-bond donors (Lipinski definition) is 2. The Morgan fingerprint density at radius 3 is 2.80 bits per heavy atom. The molecule has 4 heteroatoms. The second-order valence-electron chi connectivity index (χ2n) is 3.07. The maximum Gasteiger partial charge on any atom is 0.237 e. The van der Waals surface area contributed by atoms with E-state index in [0.717, 1.165) is 18.1 Å². The number of thioether (sulfide) groups is 1. The third-order valence-corrected chi connectivity index (χ3v) is 2.71. The summed E-state index contributed by atoms with van der Waals surface area (Å²) < 4.78 is 0. The molecule has 1 unspecified atom stereocenters. The molecule has 86 valence electrons. The molecule has 15 heavy (non-hydrogen) atoms. The van der Waals surface area contributed by atoms with Gasteiger partial charge in [-0.2, -0.15) is 11.8 Å². The molecule has 0 heterocycles. The van der Waals surface area contributed by atoms with Crippen molar-refractivity contribution in [3.63, 3.8) is 0 Å². The van der Waals surface area contributed by atoms with Crippen LogP contribution in [0.5, 0.6) is 0 Å². The summed E-state index contributed by atoms with van der Waals surface area (Å²) in [5.74, 6) is 1.97. The second kappa shape index (κ2) is 9.80. The Morgan fingerprint density at radius 1 is 1.47 bits per heavy atom. The van der Waals surface area contributed by atoms with E-state index >= 15 is 0 Å². The number of rotatable bonds is 9. The van der Waals surface area contributed by atoms with E-state index in [4.69, 9.17) is 0 Å². The highest BCUT2D eigenvalue weighted by atomic mass is 32.2. The van der Waals surface area contributed by atoms with E-state index < -0.39 is 0 Å². The molecular weight excluding hydrogens is 208 g/mol. The summed E-state index contributed by atoms with van der Waals surface area (Å²) in [4.78, 5) is 11.4. The van der Waals surface area contributed by atoms with E-state index in [9.17, 15) is 4.79 Å². The number of nitrogens with one attached hydrogen (secondary N) is 2. The standard InChI is InChI=1S/C11H20N2OS/c1-4-6-13-11(14)10(3)12-7-9-15-8-5-2/h4-5,10,12H,1-2,6-9H2,3H3,(H,13,14). The Hall–Kier alpha value is -0.740. The fourth-order valence-corrected chi connectivity index (χ4v) is 1.53. The van der Waals surface area contributed by atoms with Crippen molar-refractivity contribution in [2.75, 3.05) is 24.6 Å². The topological polar surface area (TPSA) is 41.1 Å². The van der Waals surface area contributed by atoms with Gasteiger partial charge in [0.2, 0.25) is 5.91 Å². The molecule has 0 aromatic heterocycles. The maximum atomic E-state index is 11.4. The molecule has 3 nitrogen and oxygen atoms in total. The van der Waals surface area contributed by atoms with Crippen LogP contribution in [0.15, 0.2) is 25.3 Å². The fourth-order valence-electron chi connectivity index (χ4n) is 0.933. The molecule has 0 aliphatic heterocycles. The van der Waals surface area contributed by atoms with Crippen LogP contribution in [-0.4, -0.2) is 36.5 Å². The van der Waals surface area contributed by atoms with Crippen LogP contribution < -0.4 is 10.6 Å². The summed E-state index contributed by atoms with van der Waals surface area (Å²) >= 11 is 1.80. The molecule has 2 N–H and O–H groups in total. The van der Waals surface area contributed by atoms with Crippen molar-refractivity contribution in [2.24, 2.45) is 0 Å². The van der Waals surface area contributed by atoms with E-state index in [-0.39, 0.29) is 11.9 Å². The average Bonchev–Trinajstić information content (AvgIpc) is 2.25. The van der Waals surface area contributed by atoms with Gasteiger partial charge in [0.25, 0.3) is 0 Å². The van der Waals surface area contributed by atoms with Crippen LogP contribution in [0, 0.1) is 0 Å². The van der Waals surface area contributed by atoms with Gasteiger partial charge < -0.3 is 10.6 Å². The lowest BCUT2D eigenvalue weighted by molar-refractivity contribution is -0.122. The molecule has 0 saturated carbocycles. The molecule has 0 rings (SSSR count). The first-order valence-electron chi connectivity index (χ1n) is 5.03. The van der Waals surface area contributed by atoms with Gasteiger partial charge in [0.15, 0.2) is 0 Å². The first-order valence-corrected chi connectivity index (χ1v) is 6.18. The lowest BCUT2D eigenvalue weighted by Crippen LogP contribution is -2.42. The zero-order valence-corrected chi connectivity index (χ0v) is 10.1. The highest BCUT2D eigenvalue weighted by molar-refractivity contribution is 7.99. The first-order chi connectivity index (χ1) is 7.22. The number of carbonyl (C=O) groups excluding carboxylic acids is 1. The third-order valence-electron chi connectivity index (χ3n) is 1.75. The van der Waals surface area contributed by atoms with Gasteiger partial charge in [-0.05, 0) is 6.92 Å². The molecule has 0 aliphatic rings. The largest absolute Gasteiger partial charge is 0.351 e. The Bertz CT molecular complexity index is 207. The Labute approximate surface area is 96.4 Å². The zero-order valence-electron chi connectivity index (χ0n) is 9.29. The van der Waals surface area contributed by atoms with Crippen molar-refractivity contribution >= 4 is 17.7 Å². The molecule has 0 aliphatic carbocycles. The van der Waals surface area contributed by atoms with Crippen LogP contribution in [0.1, 0.15) is 6.92 Å². The summed E-state index contributed by atoms with van der Waals surface area (Å²) in [5.41, 5.74) is 0. The van der Waals surface area contributed by atoms with Gasteiger partial charge in [0, 0.05) is 24.6 Å². The van der Waals surface area contributed by atoms with Crippen LogP contribution in [0.3, 0.4) is 0 Å². The zero-order chi connectivity index (χ0) is 11.5. The number of carbonyl (C=O) groups is 1. The van der Waals surface area contributed by atoms with Crippen LogP contribution in [-0.2, 0) is 4.79 Å². The van der Waals surface area contributed by atoms with Crippen LogP contribution >= 0.6 is 11.8 Å². The minimum absolute atomic E-state index is 0.0172. The third kappa shape index (κ3) is 8.27.